The molecule has 1 fully saturated rings. The predicted octanol–water partition coefficient (Wildman–Crippen LogP) is 5.82. The summed E-state index contributed by atoms with van der Waals surface area (Å²) in [5.41, 5.74) is 4.51. The maximum Gasteiger partial charge on any atom is 0.287 e. The van der Waals surface area contributed by atoms with Crippen LogP contribution in [0.3, 0.4) is 0 Å². The zero-order chi connectivity index (χ0) is 29.3. The molecule has 2 aromatic carbocycles. The van der Waals surface area contributed by atoms with Crippen LogP contribution in [0.1, 0.15) is 29.1 Å². The zero-order valence-corrected chi connectivity index (χ0v) is 24.6. The summed E-state index contributed by atoms with van der Waals surface area (Å²) in [6.45, 7) is 8.40. The number of H-pyrrole nitrogens is 1. The number of hydrogen-bond donors (Lipinski definition) is 3. The highest BCUT2D eigenvalue weighted by Crippen LogP contribution is 2.32. The summed E-state index contributed by atoms with van der Waals surface area (Å²) in [5.74, 6) is -0.940. The molecular formula is C31H33FN6O2S. The van der Waals surface area contributed by atoms with E-state index in [2.05, 4.69) is 50.8 Å². The molecule has 0 spiro atoms. The maximum absolute atomic E-state index is 15.0. The number of aromatic nitrogens is 2. The average Bonchev–Trinajstić information content (AvgIpc) is 3.38. The van der Waals surface area contributed by atoms with Crippen LogP contribution in [0.15, 0.2) is 76.4 Å². The molecule has 5 rings (SSSR count). The molecule has 1 aliphatic heterocycles. The highest BCUT2D eigenvalue weighted by Gasteiger charge is 2.19. The highest BCUT2D eigenvalue weighted by atomic mass is 32.1. The Labute approximate surface area is 242 Å². The van der Waals surface area contributed by atoms with E-state index in [1.54, 1.807) is 25.1 Å². The predicted molar refractivity (Wildman–Crippen MR) is 165 cm³/mol. The third-order valence-corrected chi connectivity index (χ3v) is 8.35. The van der Waals surface area contributed by atoms with Gasteiger partial charge in [0.2, 0.25) is 0 Å². The lowest BCUT2D eigenvalue weighted by atomic mass is 10.0. The van der Waals surface area contributed by atoms with Crippen molar-refractivity contribution in [2.45, 2.75) is 20.8 Å². The minimum atomic E-state index is -0.552. The van der Waals surface area contributed by atoms with Crippen molar-refractivity contribution in [2.75, 3.05) is 44.4 Å². The van der Waals surface area contributed by atoms with Gasteiger partial charge in [0.15, 0.2) is 0 Å². The van der Waals surface area contributed by atoms with Crippen LogP contribution in [0.4, 0.5) is 15.8 Å². The summed E-state index contributed by atoms with van der Waals surface area (Å²) in [4.78, 5) is 30.8. The van der Waals surface area contributed by atoms with Crippen molar-refractivity contribution < 1.29 is 9.18 Å². The van der Waals surface area contributed by atoms with Gasteiger partial charge in [0.25, 0.3) is 11.5 Å². The molecule has 10 heteroatoms. The van der Waals surface area contributed by atoms with Crippen molar-refractivity contribution in [1.29, 1.82) is 0 Å². The Balaban J connectivity index is 1.45. The third-order valence-electron chi connectivity index (χ3n) is 7.24. The first-order valence-corrected chi connectivity index (χ1v) is 14.2. The van der Waals surface area contributed by atoms with Gasteiger partial charge in [-0.2, -0.15) is 5.10 Å². The number of nitrogens with zero attached hydrogens (tertiary/aromatic N) is 3. The van der Waals surface area contributed by atoms with E-state index in [-0.39, 0.29) is 17.2 Å². The fourth-order valence-electron chi connectivity index (χ4n) is 4.73. The van der Waals surface area contributed by atoms with Gasteiger partial charge in [-0.05, 0) is 75.2 Å². The fraction of sp³-hybridized carbons (Fsp3) is 0.258. The number of anilines is 2. The molecule has 8 nitrogen and oxygen atoms in total. The minimum Gasteiger partial charge on any atom is -0.375 e. The number of carbonyl (C=O) groups excluding carboxylic acids is 1. The lowest BCUT2D eigenvalue weighted by molar-refractivity contribution is 0.103. The van der Waals surface area contributed by atoms with Crippen LogP contribution in [0, 0.1) is 12.7 Å². The van der Waals surface area contributed by atoms with Gasteiger partial charge in [-0.15, -0.1) is 11.3 Å². The molecule has 0 saturated carbocycles. The van der Waals surface area contributed by atoms with Gasteiger partial charge in [0.1, 0.15) is 11.5 Å². The molecule has 0 unspecified atom stereocenters. The zero-order valence-electron chi connectivity index (χ0n) is 23.8. The van der Waals surface area contributed by atoms with E-state index in [4.69, 9.17) is 0 Å². The molecule has 4 aromatic rings. The van der Waals surface area contributed by atoms with E-state index < -0.39 is 5.82 Å². The number of benzene rings is 2. The van der Waals surface area contributed by atoms with E-state index >= 15 is 0 Å². The number of rotatable bonds is 6. The second kappa shape index (κ2) is 11.7. The lowest BCUT2D eigenvalue weighted by Crippen LogP contribution is -2.40. The monoisotopic (exact) mass is 572 g/mol. The van der Waals surface area contributed by atoms with Crippen LogP contribution in [0.25, 0.3) is 21.3 Å². The Morgan fingerprint density at radius 3 is 2.63 bits per heavy atom. The Hall–Kier alpha value is -4.28. The quantitative estimate of drug-likeness (QED) is 0.270. The Kier molecular flexibility index (Phi) is 8.05. The summed E-state index contributed by atoms with van der Waals surface area (Å²) in [7, 11) is 4.15. The Morgan fingerprint density at radius 2 is 1.88 bits per heavy atom. The van der Waals surface area contributed by atoms with Crippen LogP contribution >= 0.6 is 11.3 Å². The standard InChI is InChI=1S/C31H33FN6O2S/c1-18(2)24(15-21-17-37(4)12-13-38(21)5)33-26-16-25(35-36-30(26)39)22-10-11-23(32)29(19(22)3)34-31(40)28-14-20-8-6-7-9-27(20)41-28/h6-11,14-16H,12-13,17H2,1-5H3,(H,33,35)(H,34,40)(H,36,39)/b21-15-. The van der Waals surface area contributed by atoms with E-state index in [1.165, 1.54) is 17.4 Å². The van der Waals surface area contributed by atoms with Crippen LogP contribution in [0.5, 0.6) is 0 Å². The van der Waals surface area contributed by atoms with Gasteiger partial charge < -0.3 is 15.5 Å². The summed E-state index contributed by atoms with van der Waals surface area (Å²) in [6, 6.07) is 14.0. The van der Waals surface area contributed by atoms with Crippen molar-refractivity contribution in [2.24, 2.45) is 0 Å². The smallest absolute Gasteiger partial charge is 0.287 e. The first-order chi connectivity index (χ1) is 19.6. The summed E-state index contributed by atoms with van der Waals surface area (Å²) in [6.07, 6.45) is 2.06. The maximum atomic E-state index is 15.0. The number of allylic oxidation sites excluding steroid dienone is 2. The molecular weight excluding hydrogens is 539 g/mol. The first-order valence-electron chi connectivity index (χ1n) is 13.3. The lowest BCUT2D eigenvalue weighted by Gasteiger charge is -2.34. The molecule has 41 heavy (non-hydrogen) atoms. The normalized spacial score (nSPS) is 14.9. The Morgan fingerprint density at radius 1 is 1.10 bits per heavy atom. The van der Waals surface area contributed by atoms with Crippen LogP contribution in [-0.2, 0) is 0 Å². The van der Waals surface area contributed by atoms with Gasteiger partial charge in [0, 0.05) is 48.3 Å². The third kappa shape index (κ3) is 6.08. The molecule has 0 atom stereocenters. The number of aromatic amines is 1. The minimum absolute atomic E-state index is 0.0756. The molecule has 2 aromatic heterocycles. The summed E-state index contributed by atoms with van der Waals surface area (Å²) >= 11 is 1.35. The number of thiophene rings is 1. The van der Waals surface area contributed by atoms with Crippen molar-refractivity contribution in [3.8, 4) is 11.3 Å². The largest absolute Gasteiger partial charge is 0.375 e. The number of amides is 1. The first kappa shape index (κ1) is 28.3. The molecule has 1 aliphatic rings. The second-order valence-electron chi connectivity index (χ2n) is 10.5. The van der Waals surface area contributed by atoms with Gasteiger partial charge in [-0.3, -0.25) is 14.5 Å². The molecule has 0 aliphatic carbocycles. The van der Waals surface area contributed by atoms with Crippen molar-refractivity contribution in [1.82, 2.24) is 20.0 Å². The van der Waals surface area contributed by atoms with Gasteiger partial charge >= 0.3 is 0 Å². The number of piperazine rings is 1. The number of halogens is 1. The summed E-state index contributed by atoms with van der Waals surface area (Å²) < 4.78 is 16.0. The van der Waals surface area contributed by atoms with Crippen molar-refractivity contribution >= 4 is 38.7 Å². The second-order valence-corrected chi connectivity index (χ2v) is 11.6. The molecule has 0 bridgehead atoms. The SMILES string of the molecule is CC(C)=C(/C=C1/CN(C)CCN1C)Nc1cc(-c2ccc(F)c(NC(=O)c3cc4ccccc4s3)c2C)n[nH]c1=O. The summed E-state index contributed by atoms with van der Waals surface area (Å²) in [5, 5.41) is 13.8. The number of likely N-dealkylation sites (N-methyl/N-ethyl adjacent to an activating group) is 2. The van der Waals surface area contributed by atoms with E-state index in [1.807, 2.05) is 38.1 Å². The van der Waals surface area contributed by atoms with Crippen LogP contribution < -0.4 is 16.2 Å². The topological polar surface area (TPSA) is 93.4 Å². The van der Waals surface area contributed by atoms with E-state index in [9.17, 15) is 14.0 Å². The number of carbonyl (C=O) groups is 1. The Bertz CT molecular complexity index is 1720. The number of fused-ring (bicyclic) bond motifs is 1. The van der Waals surface area contributed by atoms with Crippen LogP contribution in [-0.4, -0.2) is 59.6 Å². The fourth-order valence-corrected chi connectivity index (χ4v) is 5.69. The van der Waals surface area contributed by atoms with Crippen molar-refractivity contribution in [3.05, 3.63) is 98.2 Å². The number of hydrogen-bond acceptors (Lipinski definition) is 7. The molecule has 1 amide bonds. The molecule has 3 N–H and O–H groups in total. The molecule has 212 valence electrons. The van der Waals surface area contributed by atoms with Crippen LogP contribution in [0.2, 0.25) is 0 Å². The number of nitrogens with one attached hydrogen (secondary N) is 3. The molecule has 1 saturated heterocycles. The highest BCUT2D eigenvalue weighted by molar-refractivity contribution is 7.20. The van der Waals surface area contributed by atoms with Gasteiger partial charge in [-0.25, -0.2) is 9.49 Å². The van der Waals surface area contributed by atoms with Gasteiger partial charge in [-0.1, -0.05) is 23.8 Å². The van der Waals surface area contributed by atoms with E-state index in [0.29, 0.717) is 27.4 Å². The van der Waals surface area contributed by atoms with Crippen molar-refractivity contribution in [3.63, 3.8) is 0 Å². The molecule has 3 heterocycles. The average molecular weight is 573 g/mol. The van der Waals surface area contributed by atoms with Gasteiger partial charge in [0.05, 0.1) is 16.3 Å². The molecule has 0 radical (unpaired) electrons. The van der Waals surface area contributed by atoms with E-state index in [0.717, 1.165) is 46.7 Å².